The van der Waals surface area contributed by atoms with Gasteiger partial charge in [0.05, 0.1) is 6.04 Å². The molecule has 1 atom stereocenters. The minimum atomic E-state index is -4.50. The highest BCUT2D eigenvalue weighted by Gasteiger charge is 2.32. The lowest BCUT2D eigenvalue weighted by molar-refractivity contribution is -0.141. The van der Waals surface area contributed by atoms with E-state index < -0.39 is 11.9 Å². The fraction of sp³-hybridized carbons (Fsp3) is 0.375. The van der Waals surface area contributed by atoms with E-state index in [1.165, 1.54) is 6.07 Å². The molecule has 0 saturated carbocycles. The summed E-state index contributed by atoms with van der Waals surface area (Å²) in [6, 6.07) is 1.68. The first-order valence-electron chi connectivity index (χ1n) is 4.87. The van der Waals surface area contributed by atoms with Gasteiger partial charge in [0.1, 0.15) is 5.82 Å². The third-order valence-corrected chi connectivity index (χ3v) is 2.07. The normalized spacial score (nSPS) is 13.3. The molecule has 0 aliphatic heterocycles. The maximum atomic E-state index is 12.3. The van der Waals surface area contributed by atoms with Gasteiger partial charge in [-0.3, -0.25) is 0 Å². The largest absolute Gasteiger partial charge is 0.435 e. The summed E-state index contributed by atoms with van der Waals surface area (Å²) < 4.78 is 36.8. The summed E-state index contributed by atoms with van der Waals surface area (Å²) in [6.07, 6.45) is -4.50. The summed E-state index contributed by atoms with van der Waals surface area (Å²) in [5.41, 5.74) is -1.04. The Morgan fingerprint density at radius 3 is 2.50 bits per heavy atom. The van der Waals surface area contributed by atoms with Crippen molar-refractivity contribution in [1.82, 2.24) is 30.8 Å². The van der Waals surface area contributed by atoms with Gasteiger partial charge in [-0.05, 0) is 19.1 Å². The Labute approximate surface area is 98.8 Å². The van der Waals surface area contributed by atoms with Crippen LogP contribution in [0.3, 0.4) is 0 Å². The number of anilines is 1. The topological polar surface area (TPSA) is 92.3 Å². The van der Waals surface area contributed by atoms with Crippen LogP contribution in [0, 0.1) is 0 Å². The Bertz CT molecular complexity index is 492. The van der Waals surface area contributed by atoms with Crippen LogP contribution in [0.5, 0.6) is 0 Å². The minimum Gasteiger partial charge on any atom is -0.359 e. The number of hydrogen-bond acceptors (Lipinski definition) is 6. The van der Waals surface area contributed by atoms with Crippen molar-refractivity contribution in [3.63, 3.8) is 0 Å². The van der Waals surface area contributed by atoms with Crippen LogP contribution in [-0.2, 0) is 6.18 Å². The number of aromatic amines is 1. The number of nitrogens with one attached hydrogen (secondary N) is 2. The van der Waals surface area contributed by atoms with E-state index in [0.29, 0.717) is 5.82 Å². The zero-order valence-corrected chi connectivity index (χ0v) is 9.10. The standard InChI is InChI=1S/C8H8F3N7/c1-4(7-15-17-18-16-7)12-6-3-2-5(13-14-6)8(9,10)11/h2-4H,1H3,(H,12,14)(H,15,16,17,18). The summed E-state index contributed by atoms with van der Waals surface area (Å²) in [6.45, 7) is 1.71. The van der Waals surface area contributed by atoms with Crippen LogP contribution in [0.2, 0.25) is 0 Å². The molecule has 2 aromatic rings. The number of nitrogens with zero attached hydrogens (tertiary/aromatic N) is 5. The first kappa shape index (κ1) is 12.2. The van der Waals surface area contributed by atoms with E-state index in [1.807, 2.05) is 0 Å². The van der Waals surface area contributed by atoms with Crippen molar-refractivity contribution in [1.29, 1.82) is 0 Å². The molecule has 0 aromatic carbocycles. The highest BCUT2D eigenvalue weighted by Crippen LogP contribution is 2.27. The van der Waals surface area contributed by atoms with Gasteiger partial charge in [0.25, 0.3) is 0 Å². The number of halogens is 3. The second-order valence-corrected chi connectivity index (χ2v) is 3.44. The maximum Gasteiger partial charge on any atom is 0.435 e. The van der Waals surface area contributed by atoms with Crippen LogP contribution in [0.25, 0.3) is 0 Å². The third-order valence-electron chi connectivity index (χ3n) is 2.07. The Hall–Kier alpha value is -2.26. The summed E-state index contributed by atoms with van der Waals surface area (Å²) in [7, 11) is 0. The molecule has 0 aliphatic rings. The van der Waals surface area contributed by atoms with E-state index in [9.17, 15) is 13.2 Å². The molecular weight excluding hydrogens is 251 g/mol. The lowest BCUT2D eigenvalue weighted by Crippen LogP contribution is -2.13. The van der Waals surface area contributed by atoms with Crippen LogP contribution in [-0.4, -0.2) is 30.8 Å². The Morgan fingerprint density at radius 1 is 1.22 bits per heavy atom. The molecule has 2 heterocycles. The Balaban J connectivity index is 2.07. The van der Waals surface area contributed by atoms with Crippen LogP contribution in [0.15, 0.2) is 12.1 Å². The first-order chi connectivity index (χ1) is 8.47. The van der Waals surface area contributed by atoms with Crippen LogP contribution >= 0.6 is 0 Å². The molecule has 0 fully saturated rings. The summed E-state index contributed by atoms with van der Waals surface area (Å²) >= 11 is 0. The molecule has 10 heteroatoms. The molecule has 2 N–H and O–H groups in total. The Kier molecular flexibility index (Phi) is 3.08. The molecule has 1 unspecified atom stereocenters. The molecule has 0 bridgehead atoms. The van der Waals surface area contributed by atoms with Gasteiger partial charge in [0, 0.05) is 0 Å². The molecular formula is C8H8F3N7. The molecule has 2 rings (SSSR count). The predicted octanol–water partition coefficient (Wildman–Crippen LogP) is 1.18. The van der Waals surface area contributed by atoms with Crippen molar-refractivity contribution >= 4 is 5.82 Å². The molecule has 96 valence electrons. The van der Waals surface area contributed by atoms with Gasteiger partial charge in [-0.15, -0.1) is 20.4 Å². The molecule has 18 heavy (non-hydrogen) atoms. The maximum absolute atomic E-state index is 12.3. The van der Waals surface area contributed by atoms with E-state index in [2.05, 4.69) is 36.1 Å². The van der Waals surface area contributed by atoms with Crippen molar-refractivity contribution in [2.75, 3.05) is 5.32 Å². The van der Waals surface area contributed by atoms with Gasteiger partial charge in [0.15, 0.2) is 11.5 Å². The molecule has 0 radical (unpaired) electrons. The number of hydrogen-bond donors (Lipinski definition) is 2. The number of tetrazole rings is 1. The summed E-state index contributed by atoms with van der Waals surface area (Å²) in [5, 5.41) is 22.4. The molecule has 0 aliphatic carbocycles. The van der Waals surface area contributed by atoms with Crippen LogP contribution < -0.4 is 5.32 Å². The van der Waals surface area contributed by atoms with Crippen molar-refractivity contribution in [3.8, 4) is 0 Å². The second-order valence-electron chi connectivity index (χ2n) is 3.44. The minimum absolute atomic E-state index is 0.195. The molecule has 0 spiro atoms. The highest BCUT2D eigenvalue weighted by atomic mass is 19.4. The Morgan fingerprint density at radius 2 is 2.00 bits per heavy atom. The highest BCUT2D eigenvalue weighted by molar-refractivity contribution is 5.35. The number of aromatic nitrogens is 6. The predicted molar refractivity (Wildman–Crippen MR) is 53.2 cm³/mol. The van der Waals surface area contributed by atoms with Gasteiger partial charge in [-0.25, -0.2) is 0 Å². The van der Waals surface area contributed by atoms with E-state index in [-0.39, 0.29) is 11.9 Å². The van der Waals surface area contributed by atoms with Crippen molar-refractivity contribution in [2.45, 2.75) is 19.1 Å². The molecule has 0 amide bonds. The molecule has 0 saturated heterocycles. The average molecular weight is 259 g/mol. The van der Waals surface area contributed by atoms with E-state index in [0.717, 1.165) is 6.07 Å². The average Bonchev–Trinajstić information content (AvgIpc) is 2.82. The van der Waals surface area contributed by atoms with Gasteiger partial charge >= 0.3 is 6.18 Å². The number of alkyl halides is 3. The van der Waals surface area contributed by atoms with Crippen molar-refractivity contribution in [2.24, 2.45) is 0 Å². The van der Waals surface area contributed by atoms with Crippen molar-refractivity contribution in [3.05, 3.63) is 23.7 Å². The summed E-state index contributed by atoms with van der Waals surface area (Å²) in [5.74, 6) is 0.567. The van der Waals surface area contributed by atoms with E-state index in [1.54, 1.807) is 6.92 Å². The first-order valence-corrected chi connectivity index (χ1v) is 4.87. The second kappa shape index (κ2) is 4.55. The fourth-order valence-corrected chi connectivity index (χ4v) is 1.20. The lowest BCUT2D eigenvalue weighted by atomic mass is 10.3. The van der Waals surface area contributed by atoms with Gasteiger partial charge < -0.3 is 5.32 Å². The number of H-pyrrole nitrogens is 1. The third kappa shape index (κ3) is 2.70. The summed E-state index contributed by atoms with van der Waals surface area (Å²) in [4.78, 5) is 0. The van der Waals surface area contributed by atoms with Crippen LogP contribution in [0.1, 0.15) is 24.5 Å². The van der Waals surface area contributed by atoms with Crippen LogP contribution in [0.4, 0.5) is 19.0 Å². The van der Waals surface area contributed by atoms with Gasteiger partial charge in [-0.1, -0.05) is 5.21 Å². The fourth-order valence-electron chi connectivity index (χ4n) is 1.20. The smallest absolute Gasteiger partial charge is 0.359 e. The van der Waals surface area contributed by atoms with Gasteiger partial charge in [-0.2, -0.15) is 18.4 Å². The monoisotopic (exact) mass is 259 g/mol. The molecule has 7 nitrogen and oxygen atoms in total. The quantitative estimate of drug-likeness (QED) is 0.859. The van der Waals surface area contributed by atoms with E-state index in [4.69, 9.17) is 0 Å². The zero-order valence-electron chi connectivity index (χ0n) is 9.10. The number of rotatable bonds is 3. The molecule has 2 aromatic heterocycles. The van der Waals surface area contributed by atoms with Crippen molar-refractivity contribution < 1.29 is 13.2 Å². The van der Waals surface area contributed by atoms with Gasteiger partial charge in [0.2, 0.25) is 0 Å². The van der Waals surface area contributed by atoms with E-state index >= 15 is 0 Å². The zero-order chi connectivity index (χ0) is 13.2. The SMILES string of the molecule is CC(Nc1ccc(C(F)(F)F)nn1)c1nn[nH]n1. The lowest BCUT2D eigenvalue weighted by Gasteiger charge is -2.10.